The fourth-order valence-corrected chi connectivity index (χ4v) is 5.28. The van der Waals surface area contributed by atoms with Crippen LogP contribution in [-0.2, 0) is 19.2 Å². The second-order valence-corrected chi connectivity index (χ2v) is 9.93. The van der Waals surface area contributed by atoms with Crippen molar-refractivity contribution in [2.45, 2.75) is 43.3 Å². The number of benzene rings is 2. The number of hydrogen-bond donors (Lipinski definition) is 2. The molecule has 7 nitrogen and oxygen atoms in total. The molecule has 176 valence electrons. The molecule has 2 aromatic rings. The van der Waals surface area contributed by atoms with Gasteiger partial charge in [0.25, 0.3) is 0 Å². The number of carbonyl (C=O) groups excluding carboxylic acids is 3. The lowest BCUT2D eigenvalue weighted by Gasteiger charge is -2.24. The van der Waals surface area contributed by atoms with E-state index < -0.39 is 23.1 Å². The molecular weight excluding hydrogens is 452 g/mol. The van der Waals surface area contributed by atoms with Crippen molar-refractivity contribution >= 4 is 46.8 Å². The van der Waals surface area contributed by atoms with Crippen molar-refractivity contribution in [2.75, 3.05) is 10.2 Å². The molecule has 0 saturated carbocycles. The van der Waals surface area contributed by atoms with Crippen LogP contribution in [0, 0.1) is 25.7 Å². The highest BCUT2D eigenvalue weighted by Gasteiger charge is 2.40. The van der Waals surface area contributed by atoms with Gasteiger partial charge in [-0.2, -0.15) is 0 Å². The number of nitrogens with one attached hydrogen (secondary N) is 1. The molecule has 3 amide bonds. The topological polar surface area (TPSA) is 104 Å². The van der Waals surface area contributed by atoms with Crippen LogP contribution in [0.1, 0.15) is 30.4 Å². The molecule has 1 heterocycles. The van der Waals surface area contributed by atoms with Gasteiger partial charge in [-0.3, -0.25) is 19.2 Å². The van der Waals surface area contributed by atoms with Crippen LogP contribution in [0.4, 0.5) is 11.4 Å². The maximum Gasteiger partial charge on any atom is 0.307 e. The predicted molar refractivity (Wildman–Crippen MR) is 131 cm³/mol. The third kappa shape index (κ3) is 4.92. The average molecular weight is 479 g/mol. The lowest BCUT2D eigenvalue weighted by Crippen LogP contribution is -2.34. The smallest absolute Gasteiger partial charge is 0.307 e. The minimum atomic E-state index is -0.970. The number of amides is 3. The molecule has 0 bridgehead atoms. The Morgan fingerprint density at radius 3 is 2.29 bits per heavy atom. The number of hydrogen-bond acceptors (Lipinski definition) is 5. The third-order valence-corrected chi connectivity index (χ3v) is 7.54. The number of carboxylic acid groups (broad SMARTS) is 1. The van der Waals surface area contributed by atoms with Crippen molar-refractivity contribution in [3.8, 4) is 0 Å². The SMILES string of the molecule is Cc1ccc(N2C(=O)C[C@H](Sc3ccc(NC(=O)[C@@H]4CC=CC[C@H]4C(=O)O)cc3)C2=O)cc1C. The fourth-order valence-electron chi connectivity index (χ4n) is 4.23. The molecule has 1 aliphatic heterocycles. The molecule has 2 aliphatic rings. The summed E-state index contributed by atoms with van der Waals surface area (Å²) in [4.78, 5) is 51.7. The normalized spacial score (nSPS) is 22.2. The van der Waals surface area contributed by atoms with E-state index in [1.807, 2.05) is 32.1 Å². The standard InChI is InChI=1S/C26H26N2O5S/c1-15-7-10-18(13-16(15)2)28-23(29)14-22(25(28)31)34-19-11-8-17(9-12-19)27-24(30)20-5-3-4-6-21(20)26(32)33/h3-4,7-13,20-22H,5-6,14H2,1-2H3,(H,27,30)(H,32,33)/t20-,21-,22+/m1/s1. The minimum absolute atomic E-state index is 0.126. The van der Waals surface area contributed by atoms with Gasteiger partial charge in [0, 0.05) is 17.0 Å². The summed E-state index contributed by atoms with van der Waals surface area (Å²) >= 11 is 1.32. The van der Waals surface area contributed by atoms with E-state index >= 15 is 0 Å². The summed E-state index contributed by atoms with van der Waals surface area (Å²) in [5, 5.41) is 11.7. The maximum absolute atomic E-state index is 13.0. The van der Waals surface area contributed by atoms with E-state index in [0.29, 0.717) is 24.2 Å². The number of rotatable bonds is 6. The summed E-state index contributed by atoms with van der Waals surface area (Å²) in [7, 11) is 0. The Kier molecular flexibility index (Phi) is 6.88. The minimum Gasteiger partial charge on any atom is -0.481 e. The number of thioether (sulfide) groups is 1. The van der Waals surface area contributed by atoms with E-state index in [-0.39, 0.29) is 24.1 Å². The zero-order valence-corrected chi connectivity index (χ0v) is 19.8. The van der Waals surface area contributed by atoms with Crippen molar-refractivity contribution in [1.82, 2.24) is 0 Å². The highest BCUT2D eigenvalue weighted by Crippen LogP contribution is 2.35. The number of imide groups is 1. The Morgan fingerprint density at radius 1 is 0.971 bits per heavy atom. The number of anilines is 2. The molecule has 0 spiro atoms. The van der Waals surface area contributed by atoms with Crippen LogP contribution in [0.15, 0.2) is 59.5 Å². The maximum atomic E-state index is 13.0. The first-order valence-electron chi connectivity index (χ1n) is 11.1. The van der Waals surface area contributed by atoms with Gasteiger partial charge in [-0.1, -0.05) is 18.2 Å². The van der Waals surface area contributed by atoms with Gasteiger partial charge in [-0.25, -0.2) is 4.90 Å². The van der Waals surface area contributed by atoms with E-state index in [1.165, 1.54) is 16.7 Å². The summed E-state index contributed by atoms with van der Waals surface area (Å²) in [5.41, 5.74) is 3.26. The van der Waals surface area contributed by atoms with Crippen LogP contribution in [-0.4, -0.2) is 34.0 Å². The Labute approximate surface area is 202 Å². The first-order valence-corrected chi connectivity index (χ1v) is 12.0. The van der Waals surface area contributed by atoms with Gasteiger partial charge < -0.3 is 10.4 Å². The largest absolute Gasteiger partial charge is 0.481 e. The summed E-state index contributed by atoms with van der Waals surface area (Å²) in [6.45, 7) is 3.93. The molecule has 1 aliphatic carbocycles. The molecular formula is C26H26N2O5S. The molecule has 0 unspecified atom stereocenters. The molecule has 2 N–H and O–H groups in total. The number of aliphatic carboxylic acids is 1. The first kappa shape index (κ1) is 23.8. The highest BCUT2D eigenvalue weighted by atomic mass is 32.2. The number of aryl methyl sites for hydroxylation is 2. The van der Waals surface area contributed by atoms with Crippen molar-refractivity contribution in [1.29, 1.82) is 0 Å². The van der Waals surface area contributed by atoms with Gasteiger partial charge in [-0.05, 0) is 74.2 Å². The van der Waals surface area contributed by atoms with Crippen molar-refractivity contribution in [3.05, 3.63) is 65.7 Å². The van der Waals surface area contributed by atoms with E-state index in [0.717, 1.165) is 16.0 Å². The number of nitrogens with zero attached hydrogens (tertiary/aromatic N) is 1. The Hall–Kier alpha value is -3.39. The summed E-state index contributed by atoms with van der Waals surface area (Å²) < 4.78 is 0. The van der Waals surface area contributed by atoms with Crippen LogP contribution in [0.3, 0.4) is 0 Å². The van der Waals surface area contributed by atoms with Crippen molar-refractivity contribution in [2.24, 2.45) is 11.8 Å². The van der Waals surface area contributed by atoms with E-state index in [4.69, 9.17) is 0 Å². The molecule has 4 rings (SSSR count). The molecule has 8 heteroatoms. The molecule has 1 saturated heterocycles. The summed E-state index contributed by atoms with van der Waals surface area (Å²) in [5.74, 6) is -3.09. The molecule has 0 aromatic heterocycles. The highest BCUT2D eigenvalue weighted by molar-refractivity contribution is 8.00. The zero-order valence-electron chi connectivity index (χ0n) is 19.0. The van der Waals surface area contributed by atoms with Crippen LogP contribution < -0.4 is 10.2 Å². The third-order valence-electron chi connectivity index (χ3n) is 6.34. The van der Waals surface area contributed by atoms with Crippen molar-refractivity contribution < 1.29 is 24.3 Å². The van der Waals surface area contributed by atoms with Gasteiger partial charge in [0.05, 0.1) is 22.8 Å². The second-order valence-electron chi connectivity index (χ2n) is 8.65. The Bertz CT molecular complexity index is 1170. The van der Waals surface area contributed by atoms with Crippen LogP contribution in [0.25, 0.3) is 0 Å². The summed E-state index contributed by atoms with van der Waals surface area (Å²) in [6, 6.07) is 12.6. The van der Waals surface area contributed by atoms with Gasteiger partial charge in [0.15, 0.2) is 0 Å². The van der Waals surface area contributed by atoms with Crippen LogP contribution in [0.2, 0.25) is 0 Å². The molecule has 3 atom stereocenters. The number of carboxylic acids is 1. The molecule has 1 fully saturated rings. The van der Waals surface area contributed by atoms with E-state index in [9.17, 15) is 24.3 Å². The molecule has 0 radical (unpaired) electrons. The number of carbonyl (C=O) groups is 4. The first-order chi connectivity index (χ1) is 16.2. The lowest BCUT2D eigenvalue weighted by molar-refractivity contribution is -0.146. The monoisotopic (exact) mass is 478 g/mol. The quantitative estimate of drug-likeness (QED) is 0.473. The molecule has 34 heavy (non-hydrogen) atoms. The fraction of sp³-hybridized carbons (Fsp3) is 0.308. The van der Waals surface area contributed by atoms with Gasteiger partial charge in [-0.15, -0.1) is 11.8 Å². The van der Waals surface area contributed by atoms with Gasteiger partial charge in [0.1, 0.15) is 0 Å². The van der Waals surface area contributed by atoms with Crippen molar-refractivity contribution in [3.63, 3.8) is 0 Å². The zero-order chi connectivity index (χ0) is 24.4. The van der Waals surface area contributed by atoms with Gasteiger partial charge in [0.2, 0.25) is 17.7 Å². The lowest BCUT2D eigenvalue weighted by atomic mass is 9.82. The average Bonchev–Trinajstić information content (AvgIpc) is 3.09. The predicted octanol–water partition coefficient (Wildman–Crippen LogP) is 4.33. The van der Waals surface area contributed by atoms with Crippen LogP contribution >= 0.6 is 11.8 Å². The second kappa shape index (κ2) is 9.85. The van der Waals surface area contributed by atoms with E-state index in [2.05, 4.69) is 5.32 Å². The van der Waals surface area contributed by atoms with E-state index in [1.54, 1.807) is 36.4 Å². The van der Waals surface area contributed by atoms with Gasteiger partial charge >= 0.3 is 5.97 Å². The molecule has 2 aromatic carbocycles. The Morgan fingerprint density at radius 2 is 1.65 bits per heavy atom. The van der Waals surface area contributed by atoms with Crippen LogP contribution in [0.5, 0.6) is 0 Å². The summed E-state index contributed by atoms with van der Waals surface area (Å²) in [6.07, 6.45) is 4.50. The number of allylic oxidation sites excluding steroid dienone is 2. The Balaban J connectivity index is 1.40.